The first-order chi connectivity index (χ1) is 10.1. The number of hydrogen-bond acceptors (Lipinski definition) is 3. The molecule has 1 unspecified atom stereocenters. The quantitative estimate of drug-likeness (QED) is 0.905. The maximum absolute atomic E-state index is 10.8. The maximum Gasteiger partial charge on any atom is 0.335 e. The first-order valence-electron chi connectivity index (χ1n) is 6.97. The molecule has 2 aromatic rings. The zero-order valence-corrected chi connectivity index (χ0v) is 11.6. The Balaban J connectivity index is 1.72. The van der Waals surface area contributed by atoms with Gasteiger partial charge in [0.05, 0.1) is 5.56 Å². The molecular weight excluding hydrogens is 266 g/mol. The van der Waals surface area contributed by atoms with Crippen LogP contribution in [-0.2, 0) is 13.0 Å². The van der Waals surface area contributed by atoms with E-state index in [1.165, 1.54) is 11.1 Å². The molecule has 1 atom stereocenters. The van der Waals surface area contributed by atoms with E-state index in [2.05, 4.69) is 6.07 Å². The molecule has 1 aliphatic carbocycles. The highest BCUT2D eigenvalue weighted by Gasteiger charge is 2.21. The molecule has 0 bridgehead atoms. The molecule has 0 aromatic heterocycles. The number of carbonyl (C=O) groups is 1. The lowest BCUT2D eigenvalue weighted by Crippen LogP contribution is -2.05. The molecule has 0 amide bonds. The van der Waals surface area contributed by atoms with E-state index < -0.39 is 5.97 Å². The van der Waals surface area contributed by atoms with Crippen molar-refractivity contribution in [3.63, 3.8) is 0 Å². The van der Waals surface area contributed by atoms with Crippen LogP contribution in [0.25, 0.3) is 0 Å². The minimum Gasteiger partial charge on any atom is -0.489 e. The van der Waals surface area contributed by atoms with Gasteiger partial charge in [0.1, 0.15) is 12.4 Å². The van der Waals surface area contributed by atoms with Crippen molar-refractivity contribution in [3.05, 3.63) is 64.7 Å². The van der Waals surface area contributed by atoms with Gasteiger partial charge < -0.3 is 15.6 Å². The van der Waals surface area contributed by atoms with Crippen molar-refractivity contribution in [2.24, 2.45) is 5.73 Å². The van der Waals surface area contributed by atoms with Crippen molar-refractivity contribution < 1.29 is 14.6 Å². The second-order valence-electron chi connectivity index (χ2n) is 5.26. The van der Waals surface area contributed by atoms with Crippen molar-refractivity contribution in [2.45, 2.75) is 25.5 Å². The van der Waals surface area contributed by atoms with E-state index >= 15 is 0 Å². The zero-order chi connectivity index (χ0) is 14.8. The molecule has 3 N–H and O–H groups in total. The number of nitrogens with two attached hydrogens (primary N) is 1. The molecule has 0 saturated heterocycles. The molecule has 0 aliphatic heterocycles. The summed E-state index contributed by atoms with van der Waals surface area (Å²) in [5.74, 6) is -0.0416. The number of hydrogen-bond donors (Lipinski definition) is 2. The van der Waals surface area contributed by atoms with Gasteiger partial charge in [-0.15, -0.1) is 0 Å². The summed E-state index contributed by atoms with van der Waals surface area (Å²) in [6.07, 6.45) is 1.91. The molecule has 4 heteroatoms. The van der Waals surface area contributed by atoms with Gasteiger partial charge in [-0.1, -0.05) is 24.3 Å². The number of carboxylic acids is 1. The van der Waals surface area contributed by atoms with E-state index in [4.69, 9.17) is 15.6 Å². The second-order valence-corrected chi connectivity index (χ2v) is 5.26. The molecule has 2 aromatic carbocycles. The first kappa shape index (κ1) is 13.6. The number of aromatic carboxylic acids is 1. The number of benzene rings is 2. The molecule has 0 radical (unpaired) electrons. The van der Waals surface area contributed by atoms with Crippen LogP contribution in [0.5, 0.6) is 5.75 Å². The predicted molar refractivity (Wildman–Crippen MR) is 79.4 cm³/mol. The molecule has 4 nitrogen and oxygen atoms in total. The Labute approximate surface area is 123 Å². The SMILES string of the molecule is NC1CCc2c(OCc3ccc(C(=O)O)cc3)cccc21. The number of ether oxygens (including phenoxy) is 1. The van der Waals surface area contributed by atoms with E-state index in [9.17, 15) is 4.79 Å². The molecule has 0 heterocycles. The third-order valence-electron chi connectivity index (χ3n) is 3.87. The Bertz CT molecular complexity index is 664. The predicted octanol–water partition coefficient (Wildman–Crippen LogP) is 2.91. The molecule has 1 aliphatic rings. The van der Waals surface area contributed by atoms with E-state index in [1.54, 1.807) is 24.3 Å². The van der Waals surface area contributed by atoms with Crippen molar-refractivity contribution >= 4 is 5.97 Å². The van der Waals surface area contributed by atoms with Crippen LogP contribution in [0.1, 0.15) is 39.5 Å². The molecular formula is C17H17NO3. The van der Waals surface area contributed by atoms with Gasteiger partial charge in [0.2, 0.25) is 0 Å². The fourth-order valence-electron chi connectivity index (χ4n) is 2.69. The molecule has 0 spiro atoms. The summed E-state index contributed by atoms with van der Waals surface area (Å²) in [5, 5.41) is 8.87. The lowest BCUT2D eigenvalue weighted by molar-refractivity contribution is 0.0697. The summed E-state index contributed by atoms with van der Waals surface area (Å²) in [6.45, 7) is 0.422. The monoisotopic (exact) mass is 283 g/mol. The molecule has 0 fully saturated rings. The third-order valence-corrected chi connectivity index (χ3v) is 3.87. The van der Waals surface area contributed by atoms with E-state index in [0.29, 0.717) is 6.61 Å². The molecule has 3 rings (SSSR count). The van der Waals surface area contributed by atoms with Gasteiger partial charge in [0, 0.05) is 6.04 Å². The zero-order valence-electron chi connectivity index (χ0n) is 11.6. The average molecular weight is 283 g/mol. The molecule has 21 heavy (non-hydrogen) atoms. The third kappa shape index (κ3) is 2.76. The van der Waals surface area contributed by atoms with E-state index in [-0.39, 0.29) is 11.6 Å². The summed E-state index contributed by atoms with van der Waals surface area (Å²) in [7, 11) is 0. The average Bonchev–Trinajstić information content (AvgIpc) is 2.88. The highest BCUT2D eigenvalue weighted by atomic mass is 16.5. The normalized spacial score (nSPS) is 16.5. The van der Waals surface area contributed by atoms with Crippen LogP contribution in [0.3, 0.4) is 0 Å². The Kier molecular flexibility index (Phi) is 3.62. The van der Waals surface area contributed by atoms with Crippen LogP contribution in [0.2, 0.25) is 0 Å². The smallest absolute Gasteiger partial charge is 0.335 e. The molecule has 108 valence electrons. The lowest BCUT2D eigenvalue weighted by atomic mass is 10.1. The number of carboxylic acid groups (broad SMARTS) is 1. The van der Waals surface area contributed by atoms with Crippen LogP contribution in [0, 0.1) is 0 Å². The van der Waals surface area contributed by atoms with Gasteiger partial charge in [-0.2, -0.15) is 0 Å². The Hall–Kier alpha value is -2.33. The summed E-state index contributed by atoms with van der Waals surface area (Å²) >= 11 is 0. The van der Waals surface area contributed by atoms with Crippen LogP contribution in [-0.4, -0.2) is 11.1 Å². The Morgan fingerprint density at radius 2 is 2.00 bits per heavy atom. The maximum atomic E-state index is 10.8. The van der Waals surface area contributed by atoms with Gasteiger partial charge >= 0.3 is 5.97 Å². The largest absolute Gasteiger partial charge is 0.489 e. The summed E-state index contributed by atoms with van der Waals surface area (Å²) in [4.78, 5) is 10.8. The van der Waals surface area contributed by atoms with Gasteiger partial charge in [-0.25, -0.2) is 4.79 Å². The summed E-state index contributed by atoms with van der Waals surface area (Å²) in [5.41, 5.74) is 9.66. The van der Waals surface area contributed by atoms with Crippen molar-refractivity contribution in [1.82, 2.24) is 0 Å². The minimum absolute atomic E-state index is 0.110. The summed E-state index contributed by atoms with van der Waals surface area (Å²) < 4.78 is 5.88. The van der Waals surface area contributed by atoms with E-state index in [0.717, 1.165) is 24.2 Å². The van der Waals surface area contributed by atoms with Gasteiger partial charge in [0.25, 0.3) is 0 Å². The van der Waals surface area contributed by atoms with Crippen LogP contribution in [0.15, 0.2) is 42.5 Å². The fourth-order valence-corrected chi connectivity index (χ4v) is 2.69. The fraction of sp³-hybridized carbons (Fsp3) is 0.235. The highest BCUT2D eigenvalue weighted by molar-refractivity contribution is 5.87. The van der Waals surface area contributed by atoms with Crippen molar-refractivity contribution in [1.29, 1.82) is 0 Å². The van der Waals surface area contributed by atoms with Crippen LogP contribution < -0.4 is 10.5 Å². The van der Waals surface area contributed by atoms with Crippen molar-refractivity contribution in [2.75, 3.05) is 0 Å². The Morgan fingerprint density at radius 3 is 2.71 bits per heavy atom. The number of rotatable bonds is 4. The van der Waals surface area contributed by atoms with E-state index in [1.807, 2.05) is 12.1 Å². The first-order valence-corrected chi connectivity index (χ1v) is 6.97. The van der Waals surface area contributed by atoms with Crippen molar-refractivity contribution in [3.8, 4) is 5.75 Å². The highest BCUT2D eigenvalue weighted by Crippen LogP contribution is 2.35. The van der Waals surface area contributed by atoms with Crippen LogP contribution >= 0.6 is 0 Å². The van der Waals surface area contributed by atoms with Gasteiger partial charge in [0.15, 0.2) is 0 Å². The van der Waals surface area contributed by atoms with Gasteiger partial charge in [-0.05, 0) is 47.7 Å². The minimum atomic E-state index is -0.919. The molecule has 0 saturated carbocycles. The topological polar surface area (TPSA) is 72.5 Å². The van der Waals surface area contributed by atoms with Gasteiger partial charge in [-0.3, -0.25) is 0 Å². The Morgan fingerprint density at radius 1 is 1.24 bits per heavy atom. The second kappa shape index (κ2) is 5.58. The lowest BCUT2D eigenvalue weighted by Gasteiger charge is -2.11. The number of fused-ring (bicyclic) bond motifs is 1. The standard InChI is InChI=1S/C17H17NO3/c18-15-9-8-14-13(15)2-1-3-16(14)21-10-11-4-6-12(7-5-11)17(19)20/h1-7,15H,8-10,18H2,(H,19,20). The summed E-state index contributed by atoms with van der Waals surface area (Å²) in [6, 6.07) is 12.8. The van der Waals surface area contributed by atoms with Crippen LogP contribution in [0.4, 0.5) is 0 Å².